The molecule has 3 nitrogen and oxygen atoms in total. The molecule has 0 radical (unpaired) electrons. The summed E-state index contributed by atoms with van der Waals surface area (Å²) >= 11 is 0. The minimum absolute atomic E-state index is 0.647. The predicted octanol–water partition coefficient (Wildman–Crippen LogP) is 2.83. The fraction of sp³-hybridized carbons (Fsp3) is 0.750. The van der Waals surface area contributed by atoms with Crippen LogP contribution in [0.2, 0.25) is 0 Å². The van der Waals surface area contributed by atoms with Gasteiger partial charge >= 0.3 is 0 Å². The first kappa shape index (κ1) is 10.5. The van der Waals surface area contributed by atoms with Gasteiger partial charge in [0.05, 0.1) is 5.69 Å². The van der Waals surface area contributed by atoms with Gasteiger partial charge in [-0.3, -0.25) is 4.68 Å². The summed E-state index contributed by atoms with van der Waals surface area (Å²) in [7, 11) is 1.92. The molecule has 2 N–H and O–H groups in total. The first-order chi connectivity index (χ1) is 7.27. The molecule has 0 bridgehead atoms. The molecule has 84 valence electrons. The second kappa shape index (κ2) is 4.69. The molecule has 1 aromatic rings. The molecule has 1 aromatic heterocycles. The number of nitrogens with zero attached hydrogens (tertiary/aromatic N) is 2. The highest BCUT2D eigenvalue weighted by molar-refractivity contribution is 5.31. The summed E-state index contributed by atoms with van der Waals surface area (Å²) in [6, 6.07) is 2.05. The quantitative estimate of drug-likeness (QED) is 0.769. The molecule has 0 atom stereocenters. The van der Waals surface area contributed by atoms with E-state index < -0.39 is 0 Å². The normalized spacial score (nSPS) is 19.8. The third-order valence-electron chi connectivity index (χ3n) is 3.46. The number of aryl methyl sites for hydroxylation is 1. The van der Waals surface area contributed by atoms with Crippen molar-refractivity contribution in [2.24, 2.45) is 7.05 Å². The molecule has 0 aliphatic heterocycles. The third-order valence-corrected chi connectivity index (χ3v) is 3.46. The molecule has 0 spiro atoms. The van der Waals surface area contributed by atoms with E-state index >= 15 is 0 Å². The number of hydrogen-bond donors (Lipinski definition) is 1. The Bertz CT molecular complexity index is 289. The molecule has 1 saturated carbocycles. The van der Waals surface area contributed by atoms with Gasteiger partial charge < -0.3 is 5.73 Å². The van der Waals surface area contributed by atoms with Crippen LogP contribution in [0.15, 0.2) is 6.07 Å². The van der Waals surface area contributed by atoms with Gasteiger partial charge in [-0.1, -0.05) is 32.1 Å². The molecule has 0 unspecified atom stereocenters. The van der Waals surface area contributed by atoms with Crippen LogP contribution in [0.4, 0.5) is 5.82 Å². The van der Waals surface area contributed by atoms with Crippen molar-refractivity contribution >= 4 is 5.82 Å². The smallest absolute Gasteiger partial charge is 0.121 e. The van der Waals surface area contributed by atoms with Gasteiger partial charge in [-0.2, -0.15) is 5.10 Å². The van der Waals surface area contributed by atoms with Crippen LogP contribution in [0.25, 0.3) is 0 Å². The average Bonchev–Trinajstić information content (AvgIpc) is 2.46. The van der Waals surface area contributed by atoms with Crippen molar-refractivity contribution < 1.29 is 0 Å². The lowest BCUT2D eigenvalue weighted by Gasteiger charge is -2.17. The van der Waals surface area contributed by atoms with E-state index in [1.807, 2.05) is 13.1 Å². The molecule has 1 fully saturated rings. The fourth-order valence-corrected chi connectivity index (χ4v) is 2.46. The zero-order chi connectivity index (χ0) is 10.7. The van der Waals surface area contributed by atoms with Crippen LogP contribution >= 0.6 is 0 Å². The van der Waals surface area contributed by atoms with E-state index in [2.05, 4.69) is 5.10 Å². The summed E-state index contributed by atoms with van der Waals surface area (Å²) in [6.07, 6.45) is 9.46. The van der Waals surface area contributed by atoms with E-state index in [0.717, 1.165) is 5.82 Å². The highest BCUT2D eigenvalue weighted by Gasteiger charge is 2.16. The number of rotatable bonds is 1. The summed E-state index contributed by atoms with van der Waals surface area (Å²) in [5.74, 6) is 1.43. The highest BCUT2D eigenvalue weighted by atomic mass is 15.3. The van der Waals surface area contributed by atoms with Gasteiger partial charge in [-0.25, -0.2) is 0 Å². The largest absolute Gasteiger partial charge is 0.384 e. The van der Waals surface area contributed by atoms with Crippen molar-refractivity contribution in [2.75, 3.05) is 5.73 Å². The maximum absolute atomic E-state index is 5.82. The molecular weight excluding hydrogens is 186 g/mol. The summed E-state index contributed by atoms with van der Waals surface area (Å²) in [6.45, 7) is 0. The second-order valence-electron chi connectivity index (χ2n) is 4.66. The van der Waals surface area contributed by atoms with E-state index in [1.54, 1.807) is 4.68 Å². The highest BCUT2D eigenvalue weighted by Crippen LogP contribution is 2.30. The number of hydrogen-bond acceptors (Lipinski definition) is 2. The average molecular weight is 207 g/mol. The molecule has 0 saturated heterocycles. The van der Waals surface area contributed by atoms with Crippen molar-refractivity contribution in [3.8, 4) is 0 Å². The molecule has 15 heavy (non-hydrogen) atoms. The van der Waals surface area contributed by atoms with Crippen LogP contribution in [0.1, 0.15) is 56.6 Å². The Hall–Kier alpha value is -0.990. The molecule has 1 aliphatic rings. The van der Waals surface area contributed by atoms with Crippen LogP contribution in [-0.2, 0) is 7.05 Å². The molecule has 2 rings (SSSR count). The number of aromatic nitrogens is 2. The SMILES string of the molecule is Cn1nc(C2CCCCCCC2)cc1N. The van der Waals surface area contributed by atoms with Gasteiger partial charge in [-0.15, -0.1) is 0 Å². The zero-order valence-corrected chi connectivity index (χ0v) is 9.58. The van der Waals surface area contributed by atoms with Crippen LogP contribution in [0.3, 0.4) is 0 Å². The first-order valence-corrected chi connectivity index (χ1v) is 6.07. The molecule has 3 heteroatoms. The maximum atomic E-state index is 5.82. The lowest BCUT2D eigenvalue weighted by Crippen LogP contribution is -2.04. The lowest BCUT2D eigenvalue weighted by atomic mass is 9.89. The van der Waals surface area contributed by atoms with Gasteiger partial charge in [0.25, 0.3) is 0 Å². The fourth-order valence-electron chi connectivity index (χ4n) is 2.46. The van der Waals surface area contributed by atoms with Gasteiger partial charge in [0.2, 0.25) is 0 Å². The lowest BCUT2D eigenvalue weighted by molar-refractivity contribution is 0.447. The van der Waals surface area contributed by atoms with Gasteiger partial charge in [-0.05, 0) is 12.8 Å². The van der Waals surface area contributed by atoms with Gasteiger partial charge in [0.15, 0.2) is 0 Å². The Balaban J connectivity index is 2.06. The Labute approximate surface area is 91.7 Å². The summed E-state index contributed by atoms with van der Waals surface area (Å²) < 4.78 is 1.79. The molecule has 1 heterocycles. The van der Waals surface area contributed by atoms with Crippen LogP contribution in [0.5, 0.6) is 0 Å². The van der Waals surface area contributed by atoms with Crippen molar-refractivity contribution in [3.63, 3.8) is 0 Å². The Morgan fingerprint density at radius 1 is 1.20 bits per heavy atom. The molecule has 1 aliphatic carbocycles. The van der Waals surface area contributed by atoms with E-state index in [4.69, 9.17) is 5.73 Å². The summed E-state index contributed by atoms with van der Waals surface area (Å²) in [4.78, 5) is 0. The first-order valence-electron chi connectivity index (χ1n) is 6.07. The van der Waals surface area contributed by atoms with Crippen molar-refractivity contribution in [1.29, 1.82) is 0 Å². The summed E-state index contributed by atoms with van der Waals surface area (Å²) in [5.41, 5.74) is 7.02. The standard InChI is InChI=1S/C12H21N3/c1-15-12(13)9-11(14-15)10-7-5-3-2-4-6-8-10/h9-10H,2-8,13H2,1H3. The second-order valence-corrected chi connectivity index (χ2v) is 4.66. The minimum Gasteiger partial charge on any atom is -0.384 e. The van der Waals surface area contributed by atoms with Crippen molar-refractivity contribution in [1.82, 2.24) is 9.78 Å². The third kappa shape index (κ3) is 2.52. The van der Waals surface area contributed by atoms with Gasteiger partial charge in [0.1, 0.15) is 5.82 Å². The van der Waals surface area contributed by atoms with Crippen molar-refractivity contribution in [3.05, 3.63) is 11.8 Å². The van der Waals surface area contributed by atoms with E-state index in [-0.39, 0.29) is 0 Å². The van der Waals surface area contributed by atoms with E-state index in [1.165, 1.54) is 50.6 Å². The minimum atomic E-state index is 0.647. The van der Waals surface area contributed by atoms with Crippen LogP contribution in [0, 0.1) is 0 Å². The number of anilines is 1. The zero-order valence-electron chi connectivity index (χ0n) is 9.58. The van der Waals surface area contributed by atoms with Crippen LogP contribution in [-0.4, -0.2) is 9.78 Å². The van der Waals surface area contributed by atoms with E-state index in [9.17, 15) is 0 Å². The monoisotopic (exact) mass is 207 g/mol. The van der Waals surface area contributed by atoms with E-state index in [0.29, 0.717) is 5.92 Å². The number of nitrogens with two attached hydrogens (primary N) is 1. The van der Waals surface area contributed by atoms with Gasteiger partial charge in [0, 0.05) is 19.0 Å². The Kier molecular flexibility index (Phi) is 3.29. The Morgan fingerprint density at radius 2 is 1.80 bits per heavy atom. The molecule has 0 amide bonds. The topological polar surface area (TPSA) is 43.8 Å². The Morgan fingerprint density at radius 3 is 2.33 bits per heavy atom. The molecule has 0 aromatic carbocycles. The maximum Gasteiger partial charge on any atom is 0.121 e. The van der Waals surface area contributed by atoms with Crippen LogP contribution < -0.4 is 5.73 Å². The number of nitrogen functional groups attached to an aromatic ring is 1. The summed E-state index contributed by atoms with van der Waals surface area (Å²) in [5, 5.41) is 4.50. The predicted molar refractivity (Wildman–Crippen MR) is 62.7 cm³/mol. The van der Waals surface area contributed by atoms with Crippen molar-refractivity contribution in [2.45, 2.75) is 50.9 Å². The molecular formula is C12H21N3.